The first-order chi connectivity index (χ1) is 7.50. The Kier molecular flexibility index (Phi) is 2.28. The molecule has 0 aliphatic rings. The van der Waals surface area contributed by atoms with Crippen molar-refractivity contribution in [1.29, 1.82) is 0 Å². The first kappa shape index (κ1) is 10.4. The zero-order valence-corrected chi connectivity index (χ0v) is 8.47. The van der Waals surface area contributed by atoms with E-state index < -0.39 is 12.1 Å². The first-order valence-corrected chi connectivity index (χ1v) is 4.60. The molecule has 0 aliphatic heterocycles. The number of fused-ring (bicyclic) bond motifs is 1. The van der Waals surface area contributed by atoms with Crippen molar-refractivity contribution >= 4 is 17.0 Å². The molecular formula is C10H10N2O4. The molecule has 2 rings (SSSR count). The number of carbonyl (C=O) groups is 1. The molecule has 0 saturated carbocycles. The van der Waals surface area contributed by atoms with Gasteiger partial charge in [0.1, 0.15) is 0 Å². The number of H-pyrrole nitrogens is 1. The Labute approximate surface area is 89.8 Å². The highest BCUT2D eigenvalue weighted by atomic mass is 16.4. The van der Waals surface area contributed by atoms with E-state index in [1.165, 1.54) is 16.7 Å². The lowest BCUT2D eigenvalue weighted by molar-refractivity contribution is -0.146. The minimum absolute atomic E-state index is 0.238. The maximum absolute atomic E-state index is 11.3. The molecule has 0 radical (unpaired) electrons. The summed E-state index contributed by atoms with van der Waals surface area (Å²) in [6.07, 6.45) is -1.58. The van der Waals surface area contributed by atoms with Gasteiger partial charge in [-0.05, 0) is 17.7 Å². The molecular weight excluding hydrogens is 212 g/mol. The van der Waals surface area contributed by atoms with Crippen LogP contribution in [0.4, 0.5) is 0 Å². The van der Waals surface area contributed by atoms with Crippen molar-refractivity contribution in [3.8, 4) is 0 Å². The maximum atomic E-state index is 11.3. The number of aryl methyl sites for hydroxylation is 1. The van der Waals surface area contributed by atoms with Crippen LogP contribution in [0.1, 0.15) is 11.7 Å². The summed E-state index contributed by atoms with van der Waals surface area (Å²) in [5, 5.41) is 18.0. The highest BCUT2D eigenvalue weighted by Crippen LogP contribution is 2.18. The van der Waals surface area contributed by atoms with Gasteiger partial charge in [-0.3, -0.25) is 4.57 Å². The van der Waals surface area contributed by atoms with Gasteiger partial charge >= 0.3 is 11.7 Å². The van der Waals surface area contributed by atoms with Gasteiger partial charge in [-0.1, -0.05) is 6.07 Å². The molecule has 6 heteroatoms. The van der Waals surface area contributed by atoms with Gasteiger partial charge in [-0.2, -0.15) is 0 Å². The summed E-state index contributed by atoms with van der Waals surface area (Å²) in [7, 11) is 1.61. The largest absolute Gasteiger partial charge is 0.479 e. The number of rotatable bonds is 2. The quantitative estimate of drug-likeness (QED) is 0.665. The van der Waals surface area contributed by atoms with E-state index in [4.69, 9.17) is 5.11 Å². The Hall–Kier alpha value is -2.08. The molecule has 1 atom stereocenters. The van der Waals surface area contributed by atoms with E-state index >= 15 is 0 Å². The number of nitrogens with one attached hydrogen (secondary N) is 1. The Morgan fingerprint density at radius 1 is 1.50 bits per heavy atom. The SMILES string of the molecule is Cn1c(=O)[nH]c2cc(C(O)C(=O)O)ccc21. The molecule has 0 spiro atoms. The third-order valence-electron chi connectivity index (χ3n) is 2.48. The van der Waals surface area contributed by atoms with E-state index in [2.05, 4.69) is 4.98 Å². The lowest BCUT2D eigenvalue weighted by atomic mass is 10.1. The standard InChI is InChI=1S/C10H10N2O4/c1-12-7-3-2-5(8(13)9(14)15)4-6(7)11-10(12)16/h2-4,8,13H,1H3,(H,11,16)(H,14,15). The van der Waals surface area contributed by atoms with Crippen LogP contribution in [0, 0.1) is 0 Å². The third-order valence-corrected chi connectivity index (χ3v) is 2.48. The average molecular weight is 222 g/mol. The third kappa shape index (κ3) is 1.49. The molecule has 1 unspecified atom stereocenters. The number of aliphatic hydroxyl groups excluding tert-OH is 1. The number of imidazole rings is 1. The summed E-state index contributed by atoms with van der Waals surface area (Å²) in [5.74, 6) is -1.32. The number of hydrogen-bond donors (Lipinski definition) is 3. The minimum atomic E-state index is -1.58. The number of carboxylic acids is 1. The van der Waals surface area contributed by atoms with Crippen molar-refractivity contribution in [2.24, 2.45) is 7.05 Å². The minimum Gasteiger partial charge on any atom is -0.479 e. The summed E-state index contributed by atoms with van der Waals surface area (Å²) < 4.78 is 1.41. The lowest BCUT2D eigenvalue weighted by Crippen LogP contribution is -2.11. The summed E-state index contributed by atoms with van der Waals surface area (Å²) in [5.41, 5.74) is 1.12. The zero-order chi connectivity index (χ0) is 11.9. The second-order valence-corrected chi connectivity index (χ2v) is 3.51. The smallest absolute Gasteiger partial charge is 0.337 e. The van der Waals surface area contributed by atoms with Crippen LogP contribution in [0.2, 0.25) is 0 Å². The van der Waals surface area contributed by atoms with Gasteiger partial charge in [0, 0.05) is 7.05 Å². The van der Waals surface area contributed by atoms with E-state index in [9.17, 15) is 14.7 Å². The molecule has 0 bridgehead atoms. The van der Waals surface area contributed by atoms with Gasteiger partial charge in [-0.25, -0.2) is 9.59 Å². The second-order valence-electron chi connectivity index (χ2n) is 3.51. The van der Waals surface area contributed by atoms with Crippen LogP contribution < -0.4 is 5.69 Å². The molecule has 1 aromatic carbocycles. The van der Waals surface area contributed by atoms with Crippen LogP contribution >= 0.6 is 0 Å². The van der Waals surface area contributed by atoms with Gasteiger partial charge in [0.2, 0.25) is 0 Å². The Balaban J connectivity index is 2.61. The Bertz CT molecular complexity index is 611. The Morgan fingerprint density at radius 2 is 2.19 bits per heavy atom. The van der Waals surface area contributed by atoms with Crippen molar-refractivity contribution in [3.05, 3.63) is 34.2 Å². The highest BCUT2D eigenvalue weighted by Gasteiger charge is 2.16. The number of aliphatic carboxylic acids is 1. The van der Waals surface area contributed by atoms with E-state index in [-0.39, 0.29) is 11.3 Å². The van der Waals surface area contributed by atoms with Gasteiger partial charge in [0.05, 0.1) is 11.0 Å². The molecule has 0 aliphatic carbocycles. The van der Waals surface area contributed by atoms with Crippen molar-refractivity contribution in [3.63, 3.8) is 0 Å². The summed E-state index contributed by atoms with van der Waals surface area (Å²) in [4.78, 5) is 24.4. The average Bonchev–Trinajstić information content (AvgIpc) is 2.53. The molecule has 0 saturated heterocycles. The van der Waals surface area contributed by atoms with Gasteiger partial charge in [-0.15, -0.1) is 0 Å². The number of aliphatic hydroxyl groups is 1. The van der Waals surface area contributed by atoms with Gasteiger partial charge in [0.25, 0.3) is 0 Å². The summed E-state index contributed by atoms with van der Waals surface area (Å²) >= 11 is 0. The van der Waals surface area contributed by atoms with Crippen molar-refractivity contribution in [2.45, 2.75) is 6.10 Å². The van der Waals surface area contributed by atoms with Gasteiger partial charge in [0.15, 0.2) is 6.10 Å². The fourth-order valence-electron chi connectivity index (χ4n) is 1.57. The van der Waals surface area contributed by atoms with Crippen LogP contribution in [-0.2, 0) is 11.8 Å². The molecule has 1 aromatic heterocycles. The highest BCUT2D eigenvalue weighted by molar-refractivity contribution is 5.80. The van der Waals surface area contributed by atoms with Crippen LogP contribution in [0.5, 0.6) is 0 Å². The van der Waals surface area contributed by atoms with E-state index in [0.29, 0.717) is 11.0 Å². The molecule has 0 fully saturated rings. The predicted molar refractivity (Wildman–Crippen MR) is 56.1 cm³/mol. The number of benzene rings is 1. The number of aromatic nitrogens is 2. The number of hydrogen-bond acceptors (Lipinski definition) is 3. The molecule has 6 nitrogen and oxygen atoms in total. The second kappa shape index (κ2) is 3.49. The molecule has 84 valence electrons. The number of aromatic amines is 1. The molecule has 1 heterocycles. The lowest BCUT2D eigenvalue weighted by Gasteiger charge is -2.05. The molecule has 16 heavy (non-hydrogen) atoms. The summed E-state index contributed by atoms with van der Waals surface area (Å²) in [6, 6.07) is 4.53. The van der Waals surface area contributed by atoms with Crippen molar-refractivity contribution < 1.29 is 15.0 Å². The first-order valence-electron chi connectivity index (χ1n) is 4.60. The topological polar surface area (TPSA) is 95.3 Å². The fraction of sp³-hybridized carbons (Fsp3) is 0.200. The van der Waals surface area contributed by atoms with E-state index in [0.717, 1.165) is 0 Å². The zero-order valence-electron chi connectivity index (χ0n) is 8.47. The van der Waals surface area contributed by atoms with E-state index in [1.54, 1.807) is 13.1 Å². The van der Waals surface area contributed by atoms with E-state index in [1.807, 2.05) is 0 Å². The maximum Gasteiger partial charge on any atom is 0.337 e. The number of nitrogens with zero attached hydrogens (tertiary/aromatic N) is 1. The van der Waals surface area contributed by atoms with Gasteiger partial charge < -0.3 is 15.2 Å². The van der Waals surface area contributed by atoms with Crippen molar-refractivity contribution in [2.75, 3.05) is 0 Å². The fourth-order valence-corrected chi connectivity index (χ4v) is 1.57. The Morgan fingerprint density at radius 3 is 2.81 bits per heavy atom. The van der Waals surface area contributed by atoms with Crippen LogP contribution in [0.15, 0.2) is 23.0 Å². The van der Waals surface area contributed by atoms with Crippen molar-refractivity contribution in [1.82, 2.24) is 9.55 Å². The van der Waals surface area contributed by atoms with Crippen LogP contribution in [-0.4, -0.2) is 25.7 Å². The molecule has 2 aromatic rings. The van der Waals surface area contributed by atoms with Crippen LogP contribution in [0.25, 0.3) is 11.0 Å². The monoisotopic (exact) mass is 222 g/mol. The number of carboxylic acid groups (broad SMARTS) is 1. The normalized spacial score (nSPS) is 12.9. The van der Waals surface area contributed by atoms with Crippen LogP contribution in [0.3, 0.4) is 0 Å². The predicted octanol–water partition coefficient (Wildman–Crippen LogP) is -0.0154. The molecule has 0 amide bonds. The summed E-state index contributed by atoms with van der Waals surface area (Å²) in [6.45, 7) is 0. The molecule has 3 N–H and O–H groups in total.